The van der Waals surface area contributed by atoms with Crippen molar-refractivity contribution in [3.05, 3.63) is 53.6 Å². The monoisotopic (exact) mass is 413 g/mol. The molecule has 3 rings (SSSR count). The highest BCUT2D eigenvalue weighted by atomic mass is 32.2. The lowest BCUT2D eigenvalue weighted by Crippen LogP contribution is -2.50. The molecule has 1 N–H and O–H groups in total. The first-order chi connectivity index (χ1) is 13.7. The van der Waals surface area contributed by atoms with Crippen LogP contribution < -0.4 is 9.62 Å². The van der Waals surface area contributed by atoms with Gasteiger partial charge in [0.2, 0.25) is 0 Å². The summed E-state index contributed by atoms with van der Waals surface area (Å²) < 4.78 is 9.02. The van der Waals surface area contributed by atoms with Gasteiger partial charge in [-0.3, -0.25) is 0 Å². The first kappa shape index (κ1) is 21.4. The molecule has 5 nitrogen and oxygen atoms in total. The van der Waals surface area contributed by atoms with Gasteiger partial charge >= 0.3 is 6.09 Å². The Balaban J connectivity index is 1.63. The van der Waals surface area contributed by atoms with Gasteiger partial charge in [0.25, 0.3) is 0 Å². The third kappa shape index (κ3) is 6.07. The fraction of sp³-hybridized carbons (Fsp3) is 0.435. The Hall–Kier alpha value is -2.34. The van der Waals surface area contributed by atoms with Gasteiger partial charge < -0.3 is 19.3 Å². The number of carbonyl (C=O) groups is 1. The van der Waals surface area contributed by atoms with Crippen LogP contribution in [-0.2, 0) is 4.74 Å². The highest BCUT2D eigenvalue weighted by Gasteiger charge is 2.26. The lowest BCUT2D eigenvalue weighted by Gasteiger charge is -2.37. The molecule has 0 saturated carbocycles. The molecule has 29 heavy (non-hydrogen) atoms. The number of piperazine rings is 1. The van der Waals surface area contributed by atoms with E-state index in [4.69, 9.17) is 4.74 Å². The number of aryl methyl sites for hydroxylation is 2. The van der Waals surface area contributed by atoms with Crippen LogP contribution in [0.15, 0.2) is 47.4 Å². The highest BCUT2D eigenvalue weighted by molar-refractivity contribution is 8.00. The number of anilines is 2. The van der Waals surface area contributed by atoms with Crippen LogP contribution in [0.3, 0.4) is 0 Å². The second kappa shape index (κ2) is 8.99. The van der Waals surface area contributed by atoms with E-state index < -0.39 is 5.60 Å². The van der Waals surface area contributed by atoms with Crippen LogP contribution in [0, 0.1) is 13.8 Å². The van der Waals surface area contributed by atoms with Crippen LogP contribution in [0.1, 0.15) is 31.9 Å². The van der Waals surface area contributed by atoms with E-state index >= 15 is 0 Å². The summed E-state index contributed by atoms with van der Waals surface area (Å²) in [6.45, 7) is 12.8. The molecular weight excluding hydrogens is 382 g/mol. The minimum atomic E-state index is -0.462. The van der Waals surface area contributed by atoms with E-state index in [1.54, 1.807) is 16.8 Å². The van der Waals surface area contributed by atoms with Gasteiger partial charge in [0.05, 0.1) is 11.4 Å². The number of ether oxygens (including phenoxy) is 1. The van der Waals surface area contributed by atoms with Crippen molar-refractivity contribution in [2.45, 2.75) is 45.1 Å². The van der Waals surface area contributed by atoms with Crippen molar-refractivity contribution in [1.82, 2.24) is 4.90 Å². The van der Waals surface area contributed by atoms with Gasteiger partial charge in [-0.15, -0.1) is 0 Å². The van der Waals surface area contributed by atoms with Crippen LogP contribution in [0.5, 0.6) is 0 Å². The Morgan fingerprint density at radius 2 is 1.62 bits per heavy atom. The normalized spacial score (nSPS) is 14.7. The molecular formula is C23H31N3O2S. The Labute approximate surface area is 178 Å². The first-order valence-electron chi connectivity index (χ1n) is 10.0. The fourth-order valence-electron chi connectivity index (χ4n) is 3.40. The predicted molar refractivity (Wildman–Crippen MR) is 122 cm³/mol. The summed E-state index contributed by atoms with van der Waals surface area (Å²) in [5.41, 5.74) is 4.31. The van der Waals surface area contributed by atoms with Crippen LogP contribution in [-0.4, -0.2) is 42.8 Å². The molecule has 1 fully saturated rings. The second-order valence-corrected chi connectivity index (χ2v) is 9.38. The minimum absolute atomic E-state index is 0.228. The molecule has 0 aromatic heterocycles. The average molecular weight is 414 g/mol. The lowest BCUT2D eigenvalue weighted by atomic mass is 10.2. The molecule has 1 heterocycles. The highest BCUT2D eigenvalue weighted by Crippen LogP contribution is 2.31. The largest absolute Gasteiger partial charge is 0.444 e. The maximum absolute atomic E-state index is 12.3. The molecule has 2 aromatic carbocycles. The van der Waals surface area contributed by atoms with Crippen LogP contribution in [0.2, 0.25) is 0 Å². The van der Waals surface area contributed by atoms with Crippen molar-refractivity contribution in [1.29, 1.82) is 0 Å². The number of hydrogen-bond donors (Lipinski definition) is 1. The SMILES string of the molecule is Cc1cc(C)cc(SNc2ccccc2N2CCN(C(=O)OC(C)(C)C)CC2)c1. The number of para-hydroxylation sites is 2. The van der Waals surface area contributed by atoms with E-state index in [9.17, 15) is 4.79 Å². The van der Waals surface area contributed by atoms with Crippen molar-refractivity contribution in [2.24, 2.45) is 0 Å². The van der Waals surface area contributed by atoms with Crippen molar-refractivity contribution < 1.29 is 9.53 Å². The maximum atomic E-state index is 12.3. The number of rotatable bonds is 4. The van der Waals surface area contributed by atoms with E-state index in [2.05, 4.69) is 59.9 Å². The molecule has 1 amide bonds. The maximum Gasteiger partial charge on any atom is 0.410 e. The number of nitrogens with one attached hydrogen (secondary N) is 1. The van der Waals surface area contributed by atoms with E-state index in [1.165, 1.54) is 16.0 Å². The molecule has 0 radical (unpaired) electrons. The zero-order valence-electron chi connectivity index (χ0n) is 18.0. The molecule has 2 aromatic rings. The molecule has 0 aliphatic carbocycles. The Kier molecular flexibility index (Phi) is 6.63. The van der Waals surface area contributed by atoms with Crippen molar-refractivity contribution >= 4 is 29.4 Å². The standard InChI is InChI=1S/C23H31N3O2S/c1-17-14-18(2)16-19(15-17)29-24-20-8-6-7-9-21(20)25-10-12-26(13-11-25)22(27)28-23(3,4)5/h6-9,14-16,24H,10-13H2,1-5H3. The molecule has 1 saturated heterocycles. The van der Waals surface area contributed by atoms with Gasteiger partial charge in [0, 0.05) is 31.1 Å². The van der Waals surface area contributed by atoms with Gasteiger partial charge in [-0.05, 0) is 82.0 Å². The fourth-order valence-corrected chi connectivity index (χ4v) is 4.29. The topological polar surface area (TPSA) is 44.8 Å². The lowest BCUT2D eigenvalue weighted by molar-refractivity contribution is 0.0240. The van der Waals surface area contributed by atoms with Crippen molar-refractivity contribution in [3.63, 3.8) is 0 Å². The van der Waals surface area contributed by atoms with Gasteiger partial charge in [-0.25, -0.2) is 4.79 Å². The van der Waals surface area contributed by atoms with Crippen LogP contribution in [0.4, 0.5) is 16.2 Å². The third-order valence-electron chi connectivity index (χ3n) is 4.65. The van der Waals surface area contributed by atoms with Crippen molar-refractivity contribution in [2.75, 3.05) is 35.8 Å². The van der Waals surface area contributed by atoms with E-state index in [-0.39, 0.29) is 6.09 Å². The Bertz CT molecular complexity index is 835. The van der Waals surface area contributed by atoms with Crippen LogP contribution >= 0.6 is 11.9 Å². The van der Waals surface area contributed by atoms with E-state index in [0.29, 0.717) is 13.1 Å². The number of benzene rings is 2. The summed E-state index contributed by atoms with van der Waals surface area (Å²) in [6, 6.07) is 14.9. The number of nitrogens with zero attached hydrogens (tertiary/aromatic N) is 2. The average Bonchev–Trinajstić information content (AvgIpc) is 2.65. The quantitative estimate of drug-likeness (QED) is 0.673. The van der Waals surface area contributed by atoms with Crippen LogP contribution in [0.25, 0.3) is 0 Å². The number of hydrogen-bond acceptors (Lipinski definition) is 5. The minimum Gasteiger partial charge on any atom is -0.444 e. The number of amides is 1. The van der Waals surface area contributed by atoms with Gasteiger partial charge in [-0.2, -0.15) is 0 Å². The van der Waals surface area contributed by atoms with Gasteiger partial charge in [0.1, 0.15) is 5.60 Å². The molecule has 0 unspecified atom stereocenters. The first-order valence-corrected chi connectivity index (χ1v) is 10.9. The Morgan fingerprint density at radius 3 is 2.24 bits per heavy atom. The molecule has 0 spiro atoms. The summed E-state index contributed by atoms with van der Waals surface area (Å²) in [5, 5.41) is 0. The van der Waals surface area contributed by atoms with E-state index in [1.807, 2.05) is 26.8 Å². The second-order valence-electron chi connectivity index (χ2n) is 8.50. The van der Waals surface area contributed by atoms with Gasteiger partial charge in [0.15, 0.2) is 0 Å². The molecule has 0 atom stereocenters. The summed E-state index contributed by atoms with van der Waals surface area (Å²) in [6.07, 6.45) is -0.228. The Morgan fingerprint density at radius 1 is 1.00 bits per heavy atom. The zero-order valence-corrected chi connectivity index (χ0v) is 18.8. The molecule has 156 valence electrons. The molecule has 0 bridgehead atoms. The summed E-state index contributed by atoms with van der Waals surface area (Å²) in [7, 11) is 0. The molecule has 1 aliphatic rings. The van der Waals surface area contributed by atoms with Gasteiger partial charge in [-0.1, -0.05) is 18.2 Å². The van der Waals surface area contributed by atoms with Crippen molar-refractivity contribution in [3.8, 4) is 0 Å². The van der Waals surface area contributed by atoms with E-state index in [0.717, 1.165) is 24.5 Å². The summed E-state index contributed by atoms with van der Waals surface area (Å²) in [4.78, 5) is 17.6. The third-order valence-corrected chi connectivity index (χ3v) is 5.44. The molecule has 1 aliphatic heterocycles. The summed E-state index contributed by atoms with van der Waals surface area (Å²) in [5.74, 6) is 0. The molecule has 6 heteroatoms. The number of carbonyl (C=O) groups excluding carboxylic acids is 1. The zero-order chi connectivity index (χ0) is 21.0. The predicted octanol–water partition coefficient (Wildman–Crippen LogP) is 5.48. The summed E-state index contributed by atoms with van der Waals surface area (Å²) >= 11 is 1.63. The smallest absolute Gasteiger partial charge is 0.410 e.